The zero-order valence-electron chi connectivity index (χ0n) is 22.8. The first kappa shape index (κ1) is 28.1. The fraction of sp³-hybridized carbons (Fsp3) is 0.333. The van der Waals surface area contributed by atoms with Crippen molar-refractivity contribution in [3.63, 3.8) is 0 Å². The summed E-state index contributed by atoms with van der Waals surface area (Å²) in [4.78, 5) is 52.6. The zero-order chi connectivity index (χ0) is 30.0. The molecule has 214 valence electrons. The fourth-order valence-electron chi connectivity index (χ4n) is 6.60. The highest BCUT2D eigenvalue weighted by molar-refractivity contribution is 6.24. The number of phenols is 1. The Labute approximate surface area is 235 Å². The highest BCUT2D eigenvalue weighted by atomic mass is 16.3. The second-order valence-electron chi connectivity index (χ2n) is 11.0. The molecular weight excluding hydrogens is 530 g/mol. The van der Waals surface area contributed by atoms with Gasteiger partial charge in [-0.3, -0.25) is 24.1 Å². The number of nitrogens with zero attached hydrogens (tertiary/aromatic N) is 1. The summed E-state index contributed by atoms with van der Waals surface area (Å²) in [5.41, 5.74) is 3.82. The number of carbonyl (C=O) groups is 4. The molecule has 2 aromatic rings. The van der Waals surface area contributed by atoms with E-state index in [1.807, 2.05) is 30.3 Å². The molecular formula is C30H31N3O8. The summed E-state index contributed by atoms with van der Waals surface area (Å²) in [5, 5.41) is 48.3. The van der Waals surface area contributed by atoms with Crippen LogP contribution >= 0.6 is 0 Å². The third-order valence-corrected chi connectivity index (χ3v) is 8.41. The quantitative estimate of drug-likeness (QED) is 0.292. The highest BCUT2D eigenvalue weighted by Crippen LogP contribution is 2.54. The number of aliphatic hydroxyl groups is 3. The van der Waals surface area contributed by atoms with Crippen LogP contribution in [0, 0.1) is 11.8 Å². The minimum atomic E-state index is -2.71. The molecule has 5 rings (SSSR count). The van der Waals surface area contributed by atoms with E-state index in [-0.39, 0.29) is 47.7 Å². The van der Waals surface area contributed by atoms with Crippen LogP contribution in [0.2, 0.25) is 0 Å². The van der Waals surface area contributed by atoms with Gasteiger partial charge < -0.3 is 31.5 Å². The number of phenolic OH excluding ortho intramolecular Hbond substituents is 1. The van der Waals surface area contributed by atoms with Crippen molar-refractivity contribution >= 4 is 29.1 Å². The molecule has 0 heterocycles. The van der Waals surface area contributed by atoms with Crippen LogP contribution in [0.15, 0.2) is 53.3 Å². The van der Waals surface area contributed by atoms with Crippen molar-refractivity contribution < 1.29 is 39.6 Å². The Balaban J connectivity index is 1.76. The Morgan fingerprint density at radius 3 is 2.37 bits per heavy atom. The lowest BCUT2D eigenvalue weighted by Gasteiger charge is -2.50. The molecule has 3 aliphatic rings. The molecule has 0 saturated heterocycles. The maximum Gasteiger partial charge on any atom is 0.255 e. The number of ketones is 2. The number of rotatable bonds is 5. The maximum atomic E-state index is 14.1. The summed E-state index contributed by atoms with van der Waals surface area (Å²) >= 11 is 0. The Morgan fingerprint density at radius 2 is 1.78 bits per heavy atom. The van der Waals surface area contributed by atoms with Gasteiger partial charge in [0.15, 0.2) is 11.4 Å². The lowest BCUT2D eigenvalue weighted by molar-refractivity contribution is -0.153. The Hall–Kier alpha value is -4.48. The standard InChI is InChI=1S/C30H31N3O8/c1-13(34)32-12-16-10-17(14-7-5-4-6-8-14)18-9-15-11-19-23(33(2)3)26(37)22(29(31)40)28(39)30(19,41)27(38)20(15)25(36)21(18)24(16)35/h4-8,10,15,19,23,35-36,39,41H,9,11-12H2,1-3H3,(H2,31,40)(H,32,34)/t15-,19-,23-,30-/m0/s1. The second-order valence-corrected chi connectivity index (χ2v) is 11.0. The van der Waals surface area contributed by atoms with Gasteiger partial charge in [0.05, 0.1) is 11.6 Å². The van der Waals surface area contributed by atoms with Crippen LogP contribution in [0.1, 0.15) is 30.0 Å². The molecule has 0 unspecified atom stereocenters. The van der Waals surface area contributed by atoms with Gasteiger partial charge in [-0.2, -0.15) is 0 Å². The summed E-state index contributed by atoms with van der Waals surface area (Å²) in [7, 11) is 3.10. The van der Waals surface area contributed by atoms with E-state index in [1.54, 1.807) is 20.2 Å². The third kappa shape index (κ3) is 4.11. The van der Waals surface area contributed by atoms with Gasteiger partial charge in [0, 0.05) is 30.5 Å². The Bertz CT molecular complexity index is 1580. The minimum Gasteiger partial charge on any atom is -0.508 e. The SMILES string of the molecule is CC(=O)NCc1cc(-c2ccccc2)c2c(c1O)C(O)=C1C(=O)[C@]3(O)C(O)=C(C(N)=O)C(=O)[C@@H](N(C)C)[C@@H]3C[C@@H]1C2. The molecule has 0 spiro atoms. The number of carbonyl (C=O) groups excluding carboxylic acids is 4. The van der Waals surface area contributed by atoms with Gasteiger partial charge in [0.2, 0.25) is 11.7 Å². The maximum absolute atomic E-state index is 14.1. The van der Waals surface area contributed by atoms with E-state index >= 15 is 0 Å². The van der Waals surface area contributed by atoms with Crippen LogP contribution in [0.3, 0.4) is 0 Å². The highest BCUT2D eigenvalue weighted by Gasteiger charge is 2.64. The van der Waals surface area contributed by atoms with Gasteiger partial charge in [0.1, 0.15) is 22.8 Å². The number of likely N-dealkylation sites (N-methyl/N-ethyl adjacent to an activating group) is 1. The lowest BCUT2D eigenvalue weighted by atomic mass is 9.57. The molecule has 4 atom stereocenters. The molecule has 0 bridgehead atoms. The summed E-state index contributed by atoms with van der Waals surface area (Å²) < 4.78 is 0. The third-order valence-electron chi connectivity index (χ3n) is 8.41. The first-order chi connectivity index (χ1) is 19.3. The van der Waals surface area contributed by atoms with Gasteiger partial charge in [-0.15, -0.1) is 0 Å². The molecule has 1 fully saturated rings. The van der Waals surface area contributed by atoms with Gasteiger partial charge in [0.25, 0.3) is 5.91 Å². The van der Waals surface area contributed by atoms with Gasteiger partial charge in [-0.05, 0) is 55.6 Å². The second kappa shape index (κ2) is 9.86. The number of hydrogen-bond acceptors (Lipinski definition) is 9. The van der Waals surface area contributed by atoms with Crippen LogP contribution in [-0.2, 0) is 32.1 Å². The van der Waals surface area contributed by atoms with E-state index in [9.17, 15) is 39.6 Å². The summed E-state index contributed by atoms with van der Waals surface area (Å²) in [6.07, 6.45) is 0.154. The largest absolute Gasteiger partial charge is 0.508 e. The molecule has 0 aromatic heterocycles. The molecule has 1 saturated carbocycles. The number of nitrogens with one attached hydrogen (secondary N) is 1. The van der Waals surface area contributed by atoms with Crippen LogP contribution in [0.4, 0.5) is 0 Å². The number of benzene rings is 2. The lowest BCUT2D eigenvalue weighted by Crippen LogP contribution is -2.65. The minimum absolute atomic E-state index is 0.00556. The van der Waals surface area contributed by atoms with Gasteiger partial charge >= 0.3 is 0 Å². The van der Waals surface area contributed by atoms with E-state index in [0.29, 0.717) is 11.1 Å². The first-order valence-electron chi connectivity index (χ1n) is 13.1. The number of amides is 2. The number of aromatic hydroxyl groups is 1. The number of primary amides is 1. The number of nitrogens with two attached hydrogens (primary N) is 1. The Morgan fingerprint density at radius 1 is 1.12 bits per heavy atom. The molecule has 3 aliphatic carbocycles. The van der Waals surface area contributed by atoms with Crippen molar-refractivity contribution in [2.75, 3.05) is 14.1 Å². The monoisotopic (exact) mass is 561 g/mol. The fourth-order valence-corrected chi connectivity index (χ4v) is 6.60. The van der Waals surface area contributed by atoms with Crippen molar-refractivity contribution in [2.24, 2.45) is 17.6 Å². The van der Waals surface area contributed by atoms with Crippen LogP contribution < -0.4 is 11.1 Å². The average molecular weight is 562 g/mol. The van der Waals surface area contributed by atoms with Crippen molar-refractivity contribution in [3.05, 3.63) is 70.0 Å². The van der Waals surface area contributed by atoms with E-state index in [2.05, 4.69) is 5.32 Å². The van der Waals surface area contributed by atoms with Crippen molar-refractivity contribution in [3.8, 4) is 16.9 Å². The van der Waals surface area contributed by atoms with Crippen LogP contribution in [0.5, 0.6) is 5.75 Å². The van der Waals surface area contributed by atoms with Crippen LogP contribution in [0.25, 0.3) is 16.9 Å². The van der Waals surface area contributed by atoms with E-state index in [1.165, 1.54) is 11.8 Å². The number of fused-ring (bicyclic) bond motifs is 3. The summed E-state index contributed by atoms with van der Waals surface area (Å²) in [6.45, 7) is 1.27. The summed E-state index contributed by atoms with van der Waals surface area (Å²) in [6, 6.07) is 9.77. The molecule has 11 nitrogen and oxygen atoms in total. The normalized spacial score (nSPS) is 25.5. The topological polar surface area (TPSA) is 190 Å². The molecule has 7 N–H and O–H groups in total. The molecule has 0 aliphatic heterocycles. The molecule has 41 heavy (non-hydrogen) atoms. The van der Waals surface area contributed by atoms with Crippen molar-refractivity contribution in [1.82, 2.24) is 10.2 Å². The number of Topliss-reactive ketones (excluding diaryl/α,β-unsaturated/α-hetero) is 2. The van der Waals surface area contributed by atoms with E-state index < -0.39 is 58.0 Å². The smallest absolute Gasteiger partial charge is 0.255 e. The summed E-state index contributed by atoms with van der Waals surface area (Å²) in [5.74, 6) is -7.43. The molecule has 0 radical (unpaired) electrons. The Kier molecular flexibility index (Phi) is 6.75. The van der Waals surface area contributed by atoms with Gasteiger partial charge in [-0.1, -0.05) is 30.3 Å². The molecule has 11 heteroatoms. The average Bonchev–Trinajstić information content (AvgIpc) is 2.90. The first-order valence-corrected chi connectivity index (χ1v) is 13.1. The van der Waals surface area contributed by atoms with E-state index in [0.717, 1.165) is 5.56 Å². The number of aliphatic hydroxyl groups excluding tert-OH is 2. The molecule has 2 aromatic carbocycles. The molecule has 2 amide bonds. The van der Waals surface area contributed by atoms with E-state index in [4.69, 9.17) is 5.73 Å². The zero-order valence-corrected chi connectivity index (χ0v) is 22.8. The van der Waals surface area contributed by atoms with Crippen molar-refractivity contribution in [2.45, 2.75) is 38.0 Å². The number of hydrogen-bond donors (Lipinski definition) is 6. The van der Waals surface area contributed by atoms with Crippen molar-refractivity contribution in [1.29, 1.82) is 0 Å². The predicted molar refractivity (Wildman–Crippen MR) is 147 cm³/mol. The predicted octanol–water partition coefficient (Wildman–Crippen LogP) is 1.27. The van der Waals surface area contributed by atoms with Crippen LogP contribution in [-0.4, -0.2) is 74.4 Å². The van der Waals surface area contributed by atoms with Gasteiger partial charge in [-0.25, -0.2) is 0 Å².